The summed E-state index contributed by atoms with van der Waals surface area (Å²) in [4.78, 5) is 10.4. The van der Waals surface area contributed by atoms with Crippen molar-refractivity contribution in [3.8, 4) is 0 Å². The summed E-state index contributed by atoms with van der Waals surface area (Å²) in [5.41, 5.74) is 0. The van der Waals surface area contributed by atoms with Gasteiger partial charge in [-0.25, -0.2) is 0 Å². The molecule has 0 aliphatic rings. The normalized spacial score (nSPS) is 15.2. The second-order valence-corrected chi connectivity index (χ2v) is 6.01. The summed E-state index contributed by atoms with van der Waals surface area (Å²) in [6, 6.07) is 0. The van der Waals surface area contributed by atoms with Gasteiger partial charge in [-0.2, -0.15) is 0 Å². The fourth-order valence-electron chi connectivity index (χ4n) is 2.09. The van der Waals surface area contributed by atoms with Gasteiger partial charge in [-0.1, -0.05) is 67.7 Å². The summed E-state index contributed by atoms with van der Waals surface area (Å²) in [6.07, 6.45) is 23.5. The zero-order valence-corrected chi connectivity index (χ0v) is 15.8. The molecular weight excluding hydrogens is 328 g/mol. The van der Waals surface area contributed by atoms with Crippen LogP contribution in [0.1, 0.15) is 58.3 Å². The third-order valence-electron chi connectivity index (χ3n) is 3.61. The van der Waals surface area contributed by atoms with Gasteiger partial charge in [-0.05, 0) is 44.9 Å². The lowest BCUT2D eigenvalue weighted by molar-refractivity contribution is -0.136. The summed E-state index contributed by atoms with van der Waals surface area (Å²) in [6.45, 7) is 2.12. The Bertz CT molecular complexity index is 486. The fraction of sp³-hybridized carbons (Fsp3) is 0.500. The van der Waals surface area contributed by atoms with Gasteiger partial charge in [-0.15, -0.1) is 0 Å². The molecule has 0 bridgehead atoms. The van der Waals surface area contributed by atoms with E-state index in [9.17, 15) is 15.0 Å². The van der Waals surface area contributed by atoms with Gasteiger partial charge in [0.05, 0.1) is 12.2 Å². The van der Waals surface area contributed by atoms with E-state index in [2.05, 4.69) is 43.4 Å². The van der Waals surface area contributed by atoms with Crippen LogP contribution in [-0.2, 0) is 4.79 Å². The average molecular weight is 363 g/mol. The maximum Gasteiger partial charge on any atom is 0.303 e. The summed E-state index contributed by atoms with van der Waals surface area (Å²) in [5, 5.41) is 28.2. The number of allylic oxidation sites excluding steroid dienone is 8. The highest BCUT2D eigenvalue weighted by Gasteiger charge is 2.12. The second-order valence-electron chi connectivity index (χ2n) is 6.01. The lowest BCUT2D eigenvalue weighted by atomic mass is 10.1. The van der Waals surface area contributed by atoms with Crippen LogP contribution in [0.25, 0.3) is 0 Å². The highest BCUT2D eigenvalue weighted by Crippen LogP contribution is 2.06. The van der Waals surface area contributed by atoms with E-state index in [-0.39, 0.29) is 6.42 Å². The molecule has 0 aromatic rings. The Labute approximate surface area is 157 Å². The number of aliphatic hydroxyl groups is 2. The molecule has 0 saturated heterocycles. The van der Waals surface area contributed by atoms with Crippen LogP contribution >= 0.6 is 0 Å². The Morgan fingerprint density at radius 2 is 1.15 bits per heavy atom. The largest absolute Gasteiger partial charge is 0.481 e. The molecule has 0 saturated carbocycles. The quantitative estimate of drug-likeness (QED) is 0.369. The molecule has 26 heavy (non-hydrogen) atoms. The first-order valence-corrected chi connectivity index (χ1v) is 9.40. The van der Waals surface area contributed by atoms with Gasteiger partial charge in [0.1, 0.15) is 0 Å². The summed E-state index contributed by atoms with van der Waals surface area (Å²) in [7, 11) is 0. The number of carboxylic acid groups (broad SMARTS) is 1. The first-order chi connectivity index (χ1) is 12.6. The predicted molar refractivity (Wildman–Crippen MR) is 108 cm³/mol. The van der Waals surface area contributed by atoms with Crippen molar-refractivity contribution in [2.45, 2.75) is 70.5 Å². The van der Waals surface area contributed by atoms with Crippen molar-refractivity contribution >= 4 is 5.97 Å². The topological polar surface area (TPSA) is 77.8 Å². The van der Waals surface area contributed by atoms with E-state index < -0.39 is 18.2 Å². The van der Waals surface area contributed by atoms with Gasteiger partial charge in [-0.3, -0.25) is 4.79 Å². The van der Waals surface area contributed by atoms with Gasteiger partial charge in [0.15, 0.2) is 0 Å². The number of hydrogen-bond donors (Lipinski definition) is 3. The van der Waals surface area contributed by atoms with E-state index in [1.165, 1.54) is 0 Å². The molecule has 0 rings (SSSR count). The Kier molecular flexibility index (Phi) is 16.6. The molecule has 0 amide bonds. The molecule has 2 atom stereocenters. The van der Waals surface area contributed by atoms with Crippen molar-refractivity contribution in [1.82, 2.24) is 0 Å². The van der Waals surface area contributed by atoms with Crippen molar-refractivity contribution < 1.29 is 20.1 Å². The molecule has 0 heterocycles. The molecule has 3 N–H and O–H groups in total. The molecule has 146 valence electrons. The Hall–Kier alpha value is -1.91. The second kappa shape index (κ2) is 17.9. The van der Waals surface area contributed by atoms with E-state index in [0.717, 1.165) is 25.7 Å². The van der Waals surface area contributed by atoms with Crippen molar-refractivity contribution in [2.24, 2.45) is 0 Å². The number of carbonyl (C=O) groups is 1. The Morgan fingerprint density at radius 3 is 1.62 bits per heavy atom. The van der Waals surface area contributed by atoms with E-state index in [4.69, 9.17) is 5.11 Å². The Balaban J connectivity index is 3.77. The maximum absolute atomic E-state index is 10.4. The van der Waals surface area contributed by atoms with Crippen LogP contribution in [0.5, 0.6) is 0 Å². The minimum atomic E-state index is -0.838. The van der Waals surface area contributed by atoms with Crippen LogP contribution < -0.4 is 0 Å². The van der Waals surface area contributed by atoms with Gasteiger partial charge in [0.2, 0.25) is 0 Å². The summed E-state index contributed by atoms with van der Waals surface area (Å²) in [5.74, 6) is -0.838. The number of hydrogen-bond acceptors (Lipinski definition) is 3. The van der Waals surface area contributed by atoms with Gasteiger partial charge in [0, 0.05) is 6.42 Å². The number of rotatable bonds is 15. The standard InChI is InChI=1S/C22H34O4/c1-2-3-4-5-6-7-8-9-10-11-12-14-17-20(23)21(24)18-15-13-16-19-22(25)26/h3-4,6-7,9-10,12-15,20-21,23-24H,2,5,8,11,16-19H2,1H3,(H,25,26)/b4-3-,7-6-,10-9-,14-12-,15-13-/t20-,21-/m0/s1. The smallest absolute Gasteiger partial charge is 0.303 e. The molecule has 0 unspecified atom stereocenters. The van der Waals surface area contributed by atoms with Crippen LogP contribution in [0.15, 0.2) is 60.8 Å². The molecule has 4 nitrogen and oxygen atoms in total. The van der Waals surface area contributed by atoms with Crippen LogP contribution in [-0.4, -0.2) is 33.5 Å². The van der Waals surface area contributed by atoms with E-state index in [0.29, 0.717) is 19.3 Å². The van der Waals surface area contributed by atoms with E-state index in [1.807, 2.05) is 12.2 Å². The minimum Gasteiger partial charge on any atom is -0.481 e. The Morgan fingerprint density at radius 1 is 0.731 bits per heavy atom. The SMILES string of the molecule is CC/C=C\C/C=C\C/C=C\C/C=C\C[C@H](O)[C@@H](O)C/C=C\CCC(=O)O. The zero-order chi connectivity index (χ0) is 19.5. The molecule has 0 spiro atoms. The van der Waals surface area contributed by atoms with Crippen LogP contribution in [0.4, 0.5) is 0 Å². The van der Waals surface area contributed by atoms with Crippen LogP contribution in [0.2, 0.25) is 0 Å². The van der Waals surface area contributed by atoms with Gasteiger partial charge in [0.25, 0.3) is 0 Å². The molecule has 0 aromatic heterocycles. The van der Waals surface area contributed by atoms with Gasteiger partial charge >= 0.3 is 5.97 Å². The zero-order valence-electron chi connectivity index (χ0n) is 15.8. The molecule has 0 aliphatic carbocycles. The predicted octanol–water partition coefficient (Wildman–Crippen LogP) is 4.71. The first kappa shape index (κ1) is 24.1. The average Bonchev–Trinajstić information content (AvgIpc) is 2.61. The third-order valence-corrected chi connectivity index (χ3v) is 3.61. The lowest BCUT2D eigenvalue weighted by Crippen LogP contribution is -2.24. The number of carboxylic acids is 1. The lowest BCUT2D eigenvalue weighted by Gasteiger charge is -2.14. The van der Waals surface area contributed by atoms with Crippen molar-refractivity contribution in [2.75, 3.05) is 0 Å². The van der Waals surface area contributed by atoms with E-state index >= 15 is 0 Å². The fourth-order valence-corrected chi connectivity index (χ4v) is 2.09. The summed E-state index contributed by atoms with van der Waals surface area (Å²) >= 11 is 0. The van der Waals surface area contributed by atoms with Gasteiger partial charge < -0.3 is 15.3 Å². The molecule has 0 aromatic carbocycles. The highest BCUT2D eigenvalue weighted by molar-refractivity contribution is 5.66. The van der Waals surface area contributed by atoms with E-state index in [1.54, 1.807) is 12.2 Å². The van der Waals surface area contributed by atoms with Crippen molar-refractivity contribution in [1.29, 1.82) is 0 Å². The molecule has 0 radical (unpaired) electrons. The first-order valence-electron chi connectivity index (χ1n) is 9.40. The molecule has 0 aliphatic heterocycles. The maximum atomic E-state index is 10.4. The summed E-state index contributed by atoms with van der Waals surface area (Å²) < 4.78 is 0. The monoisotopic (exact) mass is 362 g/mol. The van der Waals surface area contributed by atoms with Crippen LogP contribution in [0.3, 0.4) is 0 Å². The molecular formula is C22H34O4. The molecule has 4 heteroatoms. The third kappa shape index (κ3) is 16.9. The highest BCUT2D eigenvalue weighted by atomic mass is 16.4. The van der Waals surface area contributed by atoms with Crippen molar-refractivity contribution in [3.05, 3.63) is 60.8 Å². The molecule has 0 fully saturated rings. The minimum absolute atomic E-state index is 0.0805. The van der Waals surface area contributed by atoms with Crippen molar-refractivity contribution in [3.63, 3.8) is 0 Å². The van der Waals surface area contributed by atoms with Crippen LogP contribution in [0, 0.1) is 0 Å². The number of aliphatic hydroxyl groups excluding tert-OH is 2. The number of aliphatic carboxylic acids is 1.